The van der Waals surface area contributed by atoms with E-state index in [2.05, 4.69) is 5.32 Å². The van der Waals surface area contributed by atoms with Gasteiger partial charge in [-0.3, -0.25) is 28.9 Å². The Morgan fingerprint density at radius 1 is 1.14 bits per heavy atom. The van der Waals surface area contributed by atoms with E-state index in [1.807, 2.05) is 0 Å². The molecule has 2 aliphatic rings. The fourth-order valence-electron chi connectivity index (χ4n) is 2.87. The van der Waals surface area contributed by atoms with Crippen molar-refractivity contribution in [2.45, 2.75) is 13.3 Å². The second kappa shape index (κ2) is 8.42. The molecule has 0 saturated carbocycles. The van der Waals surface area contributed by atoms with Crippen LogP contribution in [0, 0.1) is 0 Å². The van der Waals surface area contributed by atoms with Gasteiger partial charge in [-0.05, 0) is 25.1 Å². The molecule has 0 spiro atoms. The van der Waals surface area contributed by atoms with E-state index >= 15 is 0 Å². The van der Waals surface area contributed by atoms with Gasteiger partial charge in [-0.2, -0.15) is 0 Å². The monoisotopic (exact) mass is 405 g/mol. The molecule has 0 radical (unpaired) electrons. The molecule has 1 aromatic carbocycles. The lowest BCUT2D eigenvalue weighted by Gasteiger charge is -2.29. The number of hydrogen-bond acceptors (Lipinski definition) is 7. The third-order valence-electron chi connectivity index (χ3n) is 4.37. The van der Waals surface area contributed by atoms with Gasteiger partial charge in [0.15, 0.2) is 12.4 Å². The number of nitrogens with one attached hydrogen (secondary N) is 1. The van der Waals surface area contributed by atoms with E-state index in [0.29, 0.717) is 17.0 Å². The van der Waals surface area contributed by atoms with Crippen LogP contribution in [-0.2, 0) is 14.4 Å². The number of carbonyl (C=O) groups excluding carboxylic acids is 5. The largest absolute Gasteiger partial charge is 0.482 e. The van der Waals surface area contributed by atoms with Gasteiger partial charge in [0.1, 0.15) is 5.75 Å². The summed E-state index contributed by atoms with van der Waals surface area (Å²) >= 11 is 0.943. The molecule has 148 valence electrons. The van der Waals surface area contributed by atoms with Crippen LogP contribution in [0.3, 0.4) is 0 Å². The molecule has 10 heteroatoms. The van der Waals surface area contributed by atoms with Gasteiger partial charge in [0, 0.05) is 31.6 Å². The molecule has 2 heterocycles. The lowest BCUT2D eigenvalue weighted by atomic mass is 10.1. The first-order chi connectivity index (χ1) is 13.4. The Balaban J connectivity index is 1.55. The van der Waals surface area contributed by atoms with Crippen LogP contribution in [0.4, 0.5) is 10.5 Å². The Bertz CT molecular complexity index is 840. The molecule has 0 bridgehead atoms. The van der Waals surface area contributed by atoms with Crippen LogP contribution in [0.15, 0.2) is 18.2 Å². The molecule has 9 nitrogen and oxygen atoms in total. The summed E-state index contributed by atoms with van der Waals surface area (Å²) in [6, 6.07) is 4.84. The van der Waals surface area contributed by atoms with E-state index in [0.717, 1.165) is 16.7 Å². The number of Topliss-reactive ketones (excluding diaryl/α,β-unsaturated/α-hetero) is 1. The molecule has 0 aromatic heterocycles. The fraction of sp³-hybridized carbons (Fsp3) is 0.389. The fourth-order valence-corrected chi connectivity index (χ4v) is 3.62. The number of rotatable bonds is 7. The highest BCUT2D eigenvalue weighted by Gasteiger charge is 2.29. The first-order valence-corrected chi connectivity index (χ1v) is 9.67. The Morgan fingerprint density at radius 3 is 2.61 bits per heavy atom. The average Bonchev–Trinajstić information content (AvgIpc) is 2.98. The Labute approximate surface area is 165 Å². The number of amides is 4. The van der Waals surface area contributed by atoms with Crippen molar-refractivity contribution < 1.29 is 28.7 Å². The van der Waals surface area contributed by atoms with Gasteiger partial charge in [-0.15, -0.1) is 0 Å². The number of imide groups is 1. The van der Waals surface area contributed by atoms with E-state index in [9.17, 15) is 24.0 Å². The Kier molecular flexibility index (Phi) is 5.98. The highest BCUT2D eigenvalue weighted by molar-refractivity contribution is 8.14. The normalized spacial score (nSPS) is 16.1. The smallest absolute Gasteiger partial charge is 0.288 e. The molecule has 28 heavy (non-hydrogen) atoms. The van der Waals surface area contributed by atoms with Gasteiger partial charge in [-0.1, -0.05) is 11.8 Å². The van der Waals surface area contributed by atoms with Crippen molar-refractivity contribution in [2.75, 3.05) is 36.9 Å². The standard InChI is InChI=1S/C18H19N3O6S/c1-11(22)12-2-3-14-13(8-12)20(16(24)9-27-14)6-4-15(23)19-5-7-21-17(25)10-28-18(21)26/h2-3,8H,4-7,9-10H2,1H3,(H,19,23). The zero-order chi connectivity index (χ0) is 20.3. The number of anilines is 1. The molecule has 3 rings (SSSR count). The van der Waals surface area contributed by atoms with Crippen LogP contribution in [0.2, 0.25) is 0 Å². The van der Waals surface area contributed by atoms with Crippen molar-refractivity contribution >= 4 is 46.2 Å². The molecule has 1 saturated heterocycles. The summed E-state index contributed by atoms with van der Waals surface area (Å²) in [5.74, 6) is -0.396. The maximum atomic E-state index is 12.2. The molecule has 0 aliphatic carbocycles. The van der Waals surface area contributed by atoms with Gasteiger partial charge < -0.3 is 15.0 Å². The van der Waals surface area contributed by atoms with Crippen LogP contribution in [-0.4, -0.2) is 65.6 Å². The summed E-state index contributed by atoms with van der Waals surface area (Å²) < 4.78 is 5.38. The number of benzene rings is 1. The maximum Gasteiger partial charge on any atom is 0.288 e. The molecule has 4 amide bonds. The van der Waals surface area contributed by atoms with Crippen LogP contribution in [0.5, 0.6) is 5.75 Å². The Morgan fingerprint density at radius 2 is 1.93 bits per heavy atom. The number of ether oxygens (including phenoxy) is 1. The van der Waals surface area contributed by atoms with E-state index in [1.165, 1.54) is 11.8 Å². The van der Waals surface area contributed by atoms with Gasteiger partial charge >= 0.3 is 0 Å². The molecule has 1 fully saturated rings. The highest BCUT2D eigenvalue weighted by Crippen LogP contribution is 2.33. The van der Waals surface area contributed by atoms with E-state index in [4.69, 9.17) is 4.74 Å². The minimum absolute atomic E-state index is 0.0339. The summed E-state index contributed by atoms with van der Waals surface area (Å²) in [6.45, 7) is 1.70. The molecule has 0 unspecified atom stereocenters. The number of nitrogens with zero attached hydrogens (tertiary/aromatic N) is 2. The van der Waals surface area contributed by atoms with E-state index in [-0.39, 0.29) is 67.2 Å². The summed E-state index contributed by atoms with van der Waals surface area (Å²) in [6.07, 6.45) is 0.0339. The molecular weight excluding hydrogens is 386 g/mol. The van der Waals surface area contributed by atoms with Crippen molar-refractivity contribution in [1.29, 1.82) is 0 Å². The maximum absolute atomic E-state index is 12.2. The van der Waals surface area contributed by atoms with Crippen molar-refractivity contribution in [1.82, 2.24) is 10.2 Å². The lowest BCUT2D eigenvalue weighted by molar-refractivity contribution is -0.126. The molecule has 1 N–H and O–H groups in total. The SMILES string of the molecule is CC(=O)c1ccc2c(c1)N(CCC(=O)NCCN1C(=O)CSC1=O)C(=O)CO2. The number of ketones is 1. The van der Waals surface area contributed by atoms with Crippen molar-refractivity contribution in [3.05, 3.63) is 23.8 Å². The summed E-state index contributed by atoms with van der Waals surface area (Å²) in [5, 5.41) is 2.33. The minimum Gasteiger partial charge on any atom is -0.482 e. The molecular formula is C18H19N3O6S. The van der Waals surface area contributed by atoms with E-state index < -0.39 is 0 Å². The van der Waals surface area contributed by atoms with E-state index in [1.54, 1.807) is 18.2 Å². The third kappa shape index (κ3) is 4.33. The number of thioether (sulfide) groups is 1. The third-order valence-corrected chi connectivity index (χ3v) is 5.23. The quantitative estimate of drug-likeness (QED) is 0.668. The van der Waals surface area contributed by atoms with Gasteiger partial charge in [-0.25, -0.2) is 0 Å². The van der Waals surface area contributed by atoms with Gasteiger partial charge in [0.2, 0.25) is 11.8 Å². The Hall–Kier alpha value is -2.88. The topological polar surface area (TPSA) is 113 Å². The van der Waals surface area contributed by atoms with Gasteiger partial charge in [0.25, 0.3) is 11.1 Å². The average molecular weight is 405 g/mol. The minimum atomic E-state index is -0.310. The van der Waals surface area contributed by atoms with Crippen LogP contribution >= 0.6 is 11.8 Å². The number of hydrogen-bond donors (Lipinski definition) is 1. The molecule has 0 atom stereocenters. The molecule has 1 aromatic rings. The predicted molar refractivity (Wildman–Crippen MR) is 101 cm³/mol. The van der Waals surface area contributed by atoms with Crippen molar-refractivity contribution in [2.24, 2.45) is 0 Å². The second-order valence-electron chi connectivity index (χ2n) is 6.27. The van der Waals surface area contributed by atoms with Crippen molar-refractivity contribution in [3.8, 4) is 5.75 Å². The second-order valence-corrected chi connectivity index (χ2v) is 7.20. The summed E-state index contributed by atoms with van der Waals surface area (Å²) in [7, 11) is 0. The number of carbonyl (C=O) groups is 5. The van der Waals surface area contributed by atoms with Crippen LogP contribution in [0.25, 0.3) is 0 Å². The lowest BCUT2D eigenvalue weighted by Crippen LogP contribution is -2.42. The zero-order valence-electron chi connectivity index (χ0n) is 15.2. The first-order valence-electron chi connectivity index (χ1n) is 8.69. The highest BCUT2D eigenvalue weighted by atomic mass is 32.2. The van der Waals surface area contributed by atoms with Crippen LogP contribution < -0.4 is 15.0 Å². The van der Waals surface area contributed by atoms with Gasteiger partial charge in [0.05, 0.1) is 11.4 Å². The van der Waals surface area contributed by atoms with Crippen LogP contribution in [0.1, 0.15) is 23.7 Å². The summed E-state index contributed by atoms with van der Waals surface area (Å²) in [4.78, 5) is 61.4. The van der Waals surface area contributed by atoms with Crippen molar-refractivity contribution in [3.63, 3.8) is 0 Å². The zero-order valence-corrected chi connectivity index (χ0v) is 16.0. The number of fused-ring (bicyclic) bond motifs is 1. The first kappa shape index (κ1) is 19.9. The predicted octanol–water partition coefficient (Wildman–Crippen LogP) is 0.816. The molecule has 2 aliphatic heterocycles. The summed E-state index contributed by atoms with van der Waals surface area (Å²) in [5.41, 5.74) is 0.909.